The van der Waals surface area contributed by atoms with Crippen LogP contribution in [0.15, 0.2) is 60.7 Å². The maximum atomic E-state index is 12.4. The van der Waals surface area contributed by atoms with E-state index in [2.05, 4.69) is 50.2 Å². The first-order valence-corrected chi connectivity index (χ1v) is 15.9. The summed E-state index contributed by atoms with van der Waals surface area (Å²) in [6.07, 6.45) is 0. The van der Waals surface area contributed by atoms with E-state index >= 15 is 0 Å². The van der Waals surface area contributed by atoms with Crippen LogP contribution in [0.25, 0.3) is 53.2 Å². The molecule has 0 saturated carbocycles. The molecular weight excluding hydrogens is 607 g/mol. The molecule has 0 fully saturated rings. The lowest BCUT2D eigenvalue weighted by Crippen LogP contribution is -2.01. The number of thiophene rings is 2. The number of carbonyl (C=O) groups is 2. The van der Waals surface area contributed by atoms with Crippen LogP contribution in [0.1, 0.15) is 44.3 Å². The summed E-state index contributed by atoms with van der Waals surface area (Å²) in [5.41, 5.74) is 6.03. The van der Waals surface area contributed by atoms with Gasteiger partial charge in [0.2, 0.25) is 0 Å². The number of hydrogen-bond donors (Lipinski definition) is 0. The van der Waals surface area contributed by atoms with E-state index < -0.39 is 0 Å². The van der Waals surface area contributed by atoms with E-state index in [1.807, 2.05) is 24.3 Å². The highest BCUT2D eigenvalue weighted by Gasteiger charge is 2.20. The highest BCUT2D eigenvalue weighted by molar-refractivity contribution is 7.21. The number of rotatable bonds is 6. The van der Waals surface area contributed by atoms with Gasteiger partial charge in [0.1, 0.15) is 9.75 Å². The Kier molecular flexibility index (Phi) is 7.75. The summed E-state index contributed by atoms with van der Waals surface area (Å²) in [5, 5.41) is 5.13. The molecule has 0 aliphatic carbocycles. The summed E-state index contributed by atoms with van der Waals surface area (Å²) in [5.74, 6) is -0.654. The molecule has 42 heavy (non-hydrogen) atoms. The molecule has 4 aromatic carbocycles. The van der Waals surface area contributed by atoms with Gasteiger partial charge in [-0.15, -0.1) is 22.7 Å². The van der Waals surface area contributed by atoms with E-state index in [1.54, 1.807) is 13.8 Å². The SMILES string of the molecule is CCOC(=O)c1cc2cc(Cl)c(-c3c(C)ccc4c(-c5cc6sc(C(=O)OCC)cc6cc5Cl)c(C)ccc34)cc2s1. The second-order valence-corrected chi connectivity index (χ2v) is 13.0. The minimum absolute atomic E-state index is 0.325. The highest BCUT2D eigenvalue weighted by Crippen LogP contribution is 2.45. The van der Waals surface area contributed by atoms with Crippen molar-refractivity contribution in [2.75, 3.05) is 13.2 Å². The van der Waals surface area contributed by atoms with Gasteiger partial charge in [0, 0.05) is 30.6 Å². The predicted octanol–water partition coefficient (Wildman–Crippen LogP) is 10.9. The molecule has 0 aliphatic heterocycles. The number of carbonyl (C=O) groups excluding carboxylic acids is 2. The first kappa shape index (κ1) is 28.7. The molecule has 0 saturated heterocycles. The van der Waals surface area contributed by atoms with Gasteiger partial charge in [0.15, 0.2) is 0 Å². The van der Waals surface area contributed by atoms with Crippen molar-refractivity contribution in [1.29, 1.82) is 0 Å². The number of fused-ring (bicyclic) bond motifs is 3. The van der Waals surface area contributed by atoms with Gasteiger partial charge in [-0.2, -0.15) is 0 Å². The third-order valence-electron chi connectivity index (χ3n) is 7.32. The van der Waals surface area contributed by atoms with E-state index in [0.717, 1.165) is 64.3 Å². The molecule has 0 bridgehead atoms. The van der Waals surface area contributed by atoms with Crippen LogP contribution in [0, 0.1) is 13.8 Å². The topological polar surface area (TPSA) is 52.6 Å². The standard InChI is InChI=1S/C34H26Cl2O4S2/c1-5-39-33(37)29-13-19-11-25(35)23(15-27(19)41-29)31-17(3)7-10-22-21(31)9-8-18(4)32(22)24-16-28-20(12-26(24)36)14-30(42-28)34(38)40-6-2/h7-16H,5-6H2,1-4H3. The molecule has 6 rings (SSSR count). The summed E-state index contributed by atoms with van der Waals surface area (Å²) in [6, 6.07) is 20.1. The van der Waals surface area contributed by atoms with Crippen molar-refractivity contribution in [3.63, 3.8) is 0 Å². The fraction of sp³-hybridized carbons (Fsp3) is 0.176. The maximum absolute atomic E-state index is 12.4. The van der Waals surface area contributed by atoms with Crippen molar-refractivity contribution in [2.24, 2.45) is 0 Å². The number of halogens is 2. The van der Waals surface area contributed by atoms with E-state index in [1.165, 1.54) is 22.7 Å². The monoisotopic (exact) mass is 632 g/mol. The third-order valence-corrected chi connectivity index (χ3v) is 10.1. The largest absolute Gasteiger partial charge is 0.462 e. The average Bonchev–Trinajstić information content (AvgIpc) is 3.56. The van der Waals surface area contributed by atoms with Crippen LogP contribution in [0.4, 0.5) is 0 Å². The fourth-order valence-electron chi connectivity index (χ4n) is 5.45. The molecular formula is C34H26Cl2O4S2. The molecule has 6 aromatic rings. The lowest BCUT2D eigenvalue weighted by atomic mass is 9.88. The quantitative estimate of drug-likeness (QED) is 0.171. The molecule has 8 heteroatoms. The van der Waals surface area contributed by atoms with Crippen LogP contribution in [0.5, 0.6) is 0 Å². The maximum Gasteiger partial charge on any atom is 0.348 e. The number of ether oxygens (including phenoxy) is 2. The first-order chi connectivity index (χ1) is 20.2. The zero-order valence-electron chi connectivity index (χ0n) is 23.4. The van der Waals surface area contributed by atoms with Crippen molar-refractivity contribution in [2.45, 2.75) is 27.7 Å². The summed E-state index contributed by atoms with van der Waals surface area (Å²) in [4.78, 5) is 25.9. The molecule has 0 atom stereocenters. The van der Waals surface area contributed by atoms with Gasteiger partial charge in [0.25, 0.3) is 0 Å². The number of benzene rings is 4. The predicted molar refractivity (Wildman–Crippen MR) is 177 cm³/mol. The Labute approximate surface area is 261 Å². The molecule has 2 heterocycles. The van der Waals surface area contributed by atoms with Gasteiger partial charge in [-0.25, -0.2) is 9.59 Å². The van der Waals surface area contributed by atoms with Gasteiger partial charge >= 0.3 is 11.9 Å². The van der Waals surface area contributed by atoms with Crippen molar-refractivity contribution >= 4 is 88.8 Å². The number of aryl methyl sites for hydroxylation is 2. The summed E-state index contributed by atoms with van der Waals surface area (Å²) >= 11 is 16.6. The molecule has 2 aromatic heterocycles. The van der Waals surface area contributed by atoms with Crippen molar-refractivity contribution in [3.8, 4) is 22.3 Å². The van der Waals surface area contributed by atoms with E-state index in [0.29, 0.717) is 33.0 Å². The van der Waals surface area contributed by atoms with Crippen LogP contribution in [-0.4, -0.2) is 25.2 Å². The number of hydrogen-bond acceptors (Lipinski definition) is 6. The average molecular weight is 634 g/mol. The Hall–Kier alpha value is -3.42. The smallest absolute Gasteiger partial charge is 0.348 e. The fourth-order valence-corrected chi connectivity index (χ4v) is 7.93. The Morgan fingerprint density at radius 1 is 0.643 bits per heavy atom. The van der Waals surface area contributed by atoms with Gasteiger partial charge in [0.05, 0.1) is 13.2 Å². The van der Waals surface area contributed by atoms with Crippen molar-refractivity contribution in [1.82, 2.24) is 0 Å². The molecule has 0 spiro atoms. The third kappa shape index (κ3) is 4.96. The lowest BCUT2D eigenvalue weighted by Gasteiger charge is -2.18. The van der Waals surface area contributed by atoms with Gasteiger partial charge < -0.3 is 9.47 Å². The van der Waals surface area contributed by atoms with E-state index in [4.69, 9.17) is 32.7 Å². The lowest BCUT2D eigenvalue weighted by molar-refractivity contribution is 0.0522. The van der Waals surface area contributed by atoms with E-state index in [-0.39, 0.29) is 11.9 Å². The molecule has 0 aliphatic rings. The Bertz CT molecular complexity index is 1910. The van der Waals surface area contributed by atoms with Gasteiger partial charge in [-0.05, 0) is 108 Å². The van der Waals surface area contributed by atoms with Crippen LogP contribution in [0.3, 0.4) is 0 Å². The molecule has 0 N–H and O–H groups in total. The zero-order valence-corrected chi connectivity index (χ0v) is 26.5. The van der Waals surface area contributed by atoms with Crippen molar-refractivity contribution in [3.05, 3.63) is 91.6 Å². The summed E-state index contributed by atoms with van der Waals surface area (Å²) < 4.78 is 12.3. The molecule has 0 unspecified atom stereocenters. The molecule has 0 radical (unpaired) electrons. The second-order valence-electron chi connectivity index (χ2n) is 10.0. The van der Waals surface area contributed by atoms with E-state index in [9.17, 15) is 9.59 Å². The first-order valence-electron chi connectivity index (χ1n) is 13.5. The Morgan fingerprint density at radius 3 is 1.43 bits per heavy atom. The summed E-state index contributed by atoms with van der Waals surface area (Å²) in [7, 11) is 0. The van der Waals surface area contributed by atoms with Crippen molar-refractivity contribution < 1.29 is 19.1 Å². The normalized spacial score (nSPS) is 11.5. The number of esters is 2. The van der Waals surface area contributed by atoms with Gasteiger partial charge in [-0.3, -0.25) is 0 Å². The van der Waals surface area contributed by atoms with Crippen LogP contribution >= 0.6 is 45.9 Å². The summed E-state index contributed by atoms with van der Waals surface area (Å²) in [6.45, 7) is 8.40. The molecule has 212 valence electrons. The Morgan fingerprint density at radius 2 is 1.05 bits per heavy atom. The van der Waals surface area contributed by atoms with Crippen LogP contribution in [0.2, 0.25) is 10.0 Å². The minimum Gasteiger partial charge on any atom is -0.462 e. The molecule has 0 amide bonds. The van der Waals surface area contributed by atoms with Gasteiger partial charge in [-0.1, -0.05) is 47.5 Å². The minimum atomic E-state index is -0.327. The Balaban J connectivity index is 1.54. The van der Waals surface area contributed by atoms with Crippen LogP contribution in [-0.2, 0) is 9.47 Å². The second kappa shape index (κ2) is 11.3. The van der Waals surface area contributed by atoms with Crippen LogP contribution < -0.4 is 0 Å². The highest BCUT2D eigenvalue weighted by atomic mass is 35.5. The molecule has 4 nitrogen and oxygen atoms in total. The zero-order chi connectivity index (χ0) is 29.7.